The minimum absolute atomic E-state index is 0.0915. The lowest BCUT2D eigenvalue weighted by atomic mass is 10.1. The van der Waals surface area contributed by atoms with Crippen LogP contribution in [0.3, 0.4) is 0 Å². The summed E-state index contributed by atoms with van der Waals surface area (Å²) in [6.07, 6.45) is 4.32. The van der Waals surface area contributed by atoms with Gasteiger partial charge in [-0.2, -0.15) is 0 Å². The highest BCUT2D eigenvalue weighted by molar-refractivity contribution is 7.09. The van der Waals surface area contributed by atoms with Gasteiger partial charge in [-0.1, -0.05) is 18.2 Å². The van der Waals surface area contributed by atoms with Crippen LogP contribution in [0.5, 0.6) is 11.5 Å². The number of carbonyl (C=O) groups excluding carboxylic acids is 1. The van der Waals surface area contributed by atoms with Crippen LogP contribution in [-0.4, -0.2) is 36.6 Å². The first-order valence-electron chi connectivity index (χ1n) is 8.64. The molecule has 1 aromatic carbocycles. The number of carbonyl (C=O) groups is 1. The number of ether oxygens (including phenoxy) is 2. The number of hydrogen-bond donors (Lipinski definition) is 0. The number of nitrogens with zero attached hydrogens (tertiary/aromatic N) is 2. The van der Waals surface area contributed by atoms with Crippen LogP contribution in [0, 0.1) is 0 Å². The van der Waals surface area contributed by atoms with Crippen molar-refractivity contribution in [1.29, 1.82) is 0 Å². The molecule has 140 valence electrons. The first-order chi connectivity index (χ1) is 13.2. The average Bonchev–Trinajstić information content (AvgIpc) is 3.24. The zero-order chi connectivity index (χ0) is 19.1. The molecule has 0 aliphatic rings. The molecule has 0 aliphatic heterocycles. The van der Waals surface area contributed by atoms with E-state index < -0.39 is 0 Å². The molecule has 0 radical (unpaired) electrons. The molecule has 0 spiro atoms. The largest absolute Gasteiger partial charge is 0.493 e. The Labute approximate surface area is 163 Å². The van der Waals surface area contributed by atoms with E-state index in [4.69, 9.17) is 9.47 Å². The van der Waals surface area contributed by atoms with Gasteiger partial charge in [0.05, 0.1) is 19.8 Å². The van der Waals surface area contributed by atoms with Gasteiger partial charge in [-0.3, -0.25) is 9.78 Å². The summed E-state index contributed by atoms with van der Waals surface area (Å²) in [4.78, 5) is 20.6. The zero-order valence-corrected chi connectivity index (χ0v) is 16.2. The number of thiophene rings is 1. The van der Waals surface area contributed by atoms with Crippen molar-refractivity contribution in [2.24, 2.45) is 0 Å². The monoisotopic (exact) mass is 382 g/mol. The molecule has 0 saturated carbocycles. The van der Waals surface area contributed by atoms with Crippen LogP contribution in [0.25, 0.3) is 0 Å². The van der Waals surface area contributed by atoms with E-state index in [1.54, 1.807) is 56.1 Å². The molecule has 0 fully saturated rings. The van der Waals surface area contributed by atoms with Crippen LogP contribution < -0.4 is 9.47 Å². The quantitative estimate of drug-likeness (QED) is 0.590. The van der Waals surface area contributed by atoms with Crippen molar-refractivity contribution in [2.45, 2.75) is 13.0 Å². The first kappa shape index (κ1) is 18.9. The molecule has 0 aliphatic carbocycles. The molecule has 0 unspecified atom stereocenters. The maximum Gasteiger partial charge on any atom is 0.258 e. The Bertz CT molecular complexity index is 866. The summed E-state index contributed by atoms with van der Waals surface area (Å²) in [6.45, 7) is 1.09. The molecule has 1 amide bonds. The summed E-state index contributed by atoms with van der Waals surface area (Å²) < 4.78 is 10.8. The van der Waals surface area contributed by atoms with Gasteiger partial charge in [-0.05, 0) is 41.6 Å². The highest BCUT2D eigenvalue weighted by Gasteiger charge is 2.22. The SMILES string of the molecule is COc1cccc(C(=O)N(CCc2cccs2)Cc2cccnc2)c1OC. The fourth-order valence-corrected chi connectivity index (χ4v) is 3.59. The van der Waals surface area contributed by atoms with E-state index in [1.165, 1.54) is 4.88 Å². The third-order valence-corrected chi connectivity index (χ3v) is 5.16. The van der Waals surface area contributed by atoms with Crippen LogP contribution in [0.4, 0.5) is 0 Å². The second kappa shape index (κ2) is 9.19. The number of amides is 1. The number of aromatic nitrogens is 1. The fourth-order valence-electron chi connectivity index (χ4n) is 2.89. The van der Waals surface area contributed by atoms with Crippen molar-refractivity contribution < 1.29 is 14.3 Å². The summed E-state index contributed by atoms with van der Waals surface area (Å²) >= 11 is 1.70. The van der Waals surface area contributed by atoms with Crippen molar-refractivity contribution in [2.75, 3.05) is 20.8 Å². The van der Waals surface area contributed by atoms with E-state index in [2.05, 4.69) is 11.1 Å². The van der Waals surface area contributed by atoms with E-state index in [1.807, 2.05) is 28.5 Å². The van der Waals surface area contributed by atoms with Gasteiger partial charge in [0.1, 0.15) is 0 Å². The predicted octanol–water partition coefficient (Wildman–Crippen LogP) is 4.05. The van der Waals surface area contributed by atoms with Crippen LogP contribution in [0.1, 0.15) is 20.8 Å². The standard InChI is InChI=1S/C21H22N2O3S/c1-25-19-9-3-8-18(20(19)26-2)21(24)23(12-10-17-7-5-13-27-17)15-16-6-4-11-22-14-16/h3-9,11,13-14H,10,12,15H2,1-2H3. The van der Waals surface area contributed by atoms with E-state index in [0.29, 0.717) is 30.2 Å². The Kier molecular flexibility index (Phi) is 6.44. The average molecular weight is 382 g/mol. The maximum atomic E-state index is 13.3. The molecule has 3 aromatic rings. The summed E-state index contributed by atoms with van der Waals surface area (Å²) in [5.41, 5.74) is 1.48. The van der Waals surface area contributed by atoms with Crippen LogP contribution >= 0.6 is 11.3 Å². The second-order valence-corrected chi connectivity index (χ2v) is 6.99. The van der Waals surface area contributed by atoms with Gasteiger partial charge in [0.2, 0.25) is 0 Å². The van der Waals surface area contributed by atoms with Gasteiger partial charge in [0, 0.05) is 30.4 Å². The third kappa shape index (κ3) is 4.65. The Morgan fingerprint density at radius 2 is 2.00 bits per heavy atom. The van der Waals surface area contributed by atoms with Gasteiger partial charge < -0.3 is 14.4 Å². The molecule has 5 nitrogen and oxygen atoms in total. The molecule has 6 heteroatoms. The Morgan fingerprint density at radius 3 is 2.67 bits per heavy atom. The highest BCUT2D eigenvalue weighted by Crippen LogP contribution is 2.31. The summed E-state index contributed by atoms with van der Waals surface area (Å²) in [5, 5.41) is 2.05. The van der Waals surface area contributed by atoms with Crippen LogP contribution in [0.15, 0.2) is 60.2 Å². The minimum atomic E-state index is -0.0915. The van der Waals surface area contributed by atoms with Gasteiger partial charge in [0.25, 0.3) is 5.91 Å². The molecule has 0 saturated heterocycles. The third-order valence-electron chi connectivity index (χ3n) is 4.23. The molecular formula is C21H22N2O3S. The molecule has 2 heterocycles. The lowest BCUT2D eigenvalue weighted by Gasteiger charge is -2.24. The molecule has 2 aromatic heterocycles. The molecule has 27 heavy (non-hydrogen) atoms. The number of benzene rings is 1. The maximum absolute atomic E-state index is 13.3. The molecule has 0 N–H and O–H groups in total. The lowest BCUT2D eigenvalue weighted by molar-refractivity contribution is 0.0741. The van der Waals surface area contributed by atoms with Crippen molar-refractivity contribution in [3.05, 3.63) is 76.2 Å². The van der Waals surface area contributed by atoms with Crippen molar-refractivity contribution >= 4 is 17.2 Å². The predicted molar refractivity (Wildman–Crippen MR) is 107 cm³/mol. The highest BCUT2D eigenvalue weighted by atomic mass is 32.1. The zero-order valence-electron chi connectivity index (χ0n) is 15.4. The first-order valence-corrected chi connectivity index (χ1v) is 9.52. The summed E-state index contributed by atoms with van der Waals surface area (Å²) in [6, 6.07) is 13.3. The number of pyridine rings is 1. The number of hydrogen-bond acceptors (Lipinski definition) is 5. The van der Waals surface area contributed by atoms with Gasteiger partial charge >= 0.3 is 0 Å². The van der Waals surface area contributed by atoms with Crippen LogP contribution in [0.2, 0.25) is 0 Å². The molecular weight excluding hydrogens is 360 g/mol. The van der Waals surface area contributed by atoms with Gasteiger partial charge in [0.15, 0.2) is 11.5 Å². The summed E-state index contributed by atoms with van der Waals surface area (Å²) in [7, 11) is 3.11. The number of rotatable bonds is 8. The van der Waals surface area contributed by atoms with Crippen molar-refractivity contribution in [3.8, 4) is 11.5 Å². The van der Waals surface area contributed by atoms with E-state index in [-0.39, 0.29) is 5.91 Å². The van der Waals surface area contributed by atoms with E-state index in [0.717, 1.165) is 12.0 Å². The van der Waals surface area contributed by atoms with Gasteiger partial charge in [-0.25, -0.2) is 0 Å². The number of methoxy groups -OCH3 is 2. The Balaban J connectivity index is 1.87. The minimum Gasteiger partial charge on any atom is -0.493 e. The normalized spacial score (nSPS) is 10.4. The van der Waals surface area contributed by atoms with Crippen molar-refractivity contribution in [3.63, 3.8) is 0 Å². The molecule has 0 atom stereocenters. The Hall–Kier alpha value is -2.86. The van der Waals surface area contributed by atoms with Gasteiger partial charge in [-0.15, -0.1) is 11.3 Å². The topological polar surface area (TPSA) is 51.7 Å². The van der Waals surface area contributed by atoms with Crippen LogP contribution in [-0.2, 0) is 13.0 Å². The fraction of sp³-hybridized carbons (Fsp3) is 0.238. The lowest BCUT2D eigenvalue weighted by Crippen LogP contribution is -2.32. The second-order valence-electron chi connectivity index (χ2n) is 5.96. The smallest absolute Gasteiger partial charge is 0.258 e. The summed E-state index contributed by atoms with van der Waals surface area (Å²) in [5.74, 6) is 0.909. The number of para-hydroxylation sites is 1. The molecule has 0 bridgehead atoms. The van der Waals surface area contributed by atoms with E-state index >= 15 is 0 Å². The Morgan fingerprint density at radius 1 is 1.11 bits per heavy atom. The molecule has 3 rings (SSSR count). The van der Waals surface area contributed by atoms with Crippen molar-refractivity contribution in [1.82, 2.24) is 9.88 Å². The van der Waals surface area contributed by atoms with E-state index in [9.17, 15) is 4.79 Å².